The molecule has 0 fully saturated rings. The van der Waals surface area contributed by atoms with Crippen molar-refractivity contribution >= 4 is 21.9 Å². The first kappa shape index (κ1) is 12.6. The Bertz CT molecular complexity index is 579. The second-order valence-corrected chi connectivity index (χ2v) is 4.35. The topological polar surface area (TPSA) is 59.7 Å². The van der Waals surface area contributed by atoms with Crippen molar-refractivity contribution in [3.8, 4) is 5.75 Å². The molecule has 1 aromatic carbocycles. The molecule has 0 saturated carbocycles. The highest BCUT2D eigenvalue weighted by Crippen LogP contribution is 2.22. The van der Waals surface area contributed by atoms with E-state index < -0.39 is 11.8 Å². The number of aromatic carboxylic acids is 1. The first-order valence-corrected chi connectivity index (χ1v) is 5.75. The lowest BCUT2D eigenvalue weighted by Gasteiger charge is -2.05. The van der Waals surface area contributed by atoms with Crippen molar-refractivity contribution < 1.29 is 23.4 Å². The van der Waals surface area contributed by atoms with E-state index in [1.54, 1.807) is 6.07 Å². The number of rotatable bonds is 4. The minimum Gasteiger partial charge on any atom is -0.483 e. The molecule has 0 radical (unpaired) electrons. The summed E-state index contributed by atoms with van der Waals surface area (Å²) < 4.78 is 24.2. The Balaban J connectivity index is 2.04. The van der Waals surface area contributed by atoms with Crippen LogP contribution in [-0.2, 0) is 6.61 Å². The van der Waals surface area contributed by atoms with E-state index >= 15 is 0 Å². The van der Waals surface area contributed by atoms with E-state index in [1.165, 1.54) is 24.3 Å². The van der Waals surface area contributed by atoms with Gasteiger partial charge in [0.25, 0.3) is 0 Å². The van der Waals surface area contributed by atoms with Crippen LogP contribution in [0.3, 0.4) is 0 Å². The largest absolute Gasteiger partial charge is 0.483 e. The Morgan fingerprint density at radius 1 is 1.39 bits per heavy atom. The fourth-order valence-corrected chi connectivity index (χ4v) is 1.64. The summed E-state index contributed by atoms with van der Waals surface area (Å²) in [6, 6.07) is 7.18. The molecular weight excluding hydrogens is 307 g/mol. The zero-order valence-electron chi connectivity index (χ0n) is 9.02. The van der Waals surface area contributed by atoms with Gasteiger partial charge in [-0.3, -0.25) is 0 Å². The summed E-state index contributed by atoms with van der Waals surface area (Å²) in [4.78, 5) is 10.6. The summed E-state index contributed by atoms with van der Waals surface area (Å²) in [5.74, 6) is -1.45. The third kappa shape index (κ3) is 2.89. The van der Waals surface area contributed by atoms with Crippen LogP contribution >= 0.6 is 15.9 Å². The molecule has 6 heteroatoms. The van der Waals surface area contributed by atoms with Gasteiger partial charge >= 0.3 is 5.97 Å². The number of ether oxygens (including phenoxy) is 1. The first-order chi connectivity index (χ1) is 8.56. The smallest absolute Gasteiger partial charge is 0.371 e. The Morgan fingerprint density at radius 3 is 2.78 bits per heavy atom. The standard InChI is InChI=1S/C12H8BrFO4/c13-7-1-3-10(9(14)5-7)17-6-8-2-4-11(18-8)12(15)16/h1-5H,6H2,(H,15,16). The summed E-state index contributed by atoms with van der Waals surface area (Å²) >= 11 is 3.13. The molecule has 1 N–H and O–H groups in total. The summed E-state index contributed by atoms with van der Waals surface area (Å²) in [5.41, 5.74) is 0. The van der Waals surface area contributed by atoms with Gasteiger partial charge in [-0.15, -0.1) is 0 Å². The van der Waals surface area contributed by atoms with Crippen LogP contribution in [0.4, 0.5) is 4.39 Å². The van der Waals surface area contributed by atoms with Crippen molar-refractivity contribution in [3.63, 3.8) is 0 Å². The van der Waals surface area contributed by atoms with Crippen LogP contribution < -0.4 is 4.74 Å². The lowest BCUT2D eigenvalue weighted by molar-refractivity contribution is 0.0658. The number of halogens is 2. The van der Waals surface area contributed by atoms with Gasteiger partial charge in [0.05, 0.1) is 0 Å². The van der Waals surface area contributed by atoms with E-state index in [9.17, 15) is 9.18 Å². The van der Waals surface area contributed by atoms with E-state index in [-0.39, 0.29) is 18.1 Å². The number of hydrogen-bond donors (Lipinski definition) is 1. The van der Waals surface area contributed by atoms with Crippen molar-refractivity contribution in [2.75, 3.05) is 0 Å². The van der Waals surface area contributed by atoms with E-state index in [2.05, 4.69) is 15.9 Å². The zero-order chi connectivity index (χ0) is 13.1. The minimum atomic E-state index is -1.16. The number of carbonyl (C=O) groups is 1. The molecule has 0 aliphatic carbocycles. The van der Waals surface area contributed by atoms with Gasteiger partial charge in [0.15, 0.2) is 11.6 Å². The molecule has 0 unspecified atom stereocenters. The zero-order valence-corrected chi connectivity index (χ0v) is 10.6. The van der Waals surface area contributed by atoms with E-state index in [0.717, 1.165) is 0 Å². The number of hydrogen-bond acceptors (Lipinski definition) is 3. The van der Waals surface area contributed by atoms with Gasteiger partial charge in [-0.2, -0.15) is 0 Å². The molecule has 0 bridgehead atoms. The van der Waals surface area contributed by atoms with Crippen molar-refractivity contribution in [2.24, 2.45) is 0 Å². The first-order valence-electron chi connectivity index (χ1n) is 4.96. The van der Waals surface area contributed by atoms with Crippen molar-refractivity contribution in [3.05, 3.63) is 52.1 Å². The molecule has 0 spiro atoms. The quantitative estimate of drug-likeness (QED) is 0.939. The minimum absolute atomic E-state index is 0.0359. The average Bonchev–Trinajstić information content (AvgIpc) is 2.76. The predicted molar refractivity (Wildman–Crippen MR) is 64.1 cm³/mol. The lowest BCUT2D eigenvalue weighted by Crippen LogP contribution is -1.97. The summed E-state index contributed by atoms with van der Waals surface area (Å²) in [5, 5.41) is 8.66. The number of carboxylic acids is 1. The molecule has 94 valence electrons. The normalized spacial score (nSPS) is 10.3. The van der Waals surface area contributed by atoms with Gasteiger partial charge in [0, 0.05) is 4.47 Å². The Hall–Kier alpha value is -1.82. The van der Waals surface area contributed by atoms with E-state index in [0.29, 0.717) is 10.2 Å². The predicted octanol–water partition coefficient (Wildman–Crippen LogP) is 3.46. The van der Waals surface area contributed by atoms with Gasteiger partial charge in [0.2, 0.25) is 5.76 Å². The molecule has 1 aromatic heterocycles. The highest BCUT2D eigenvalue weighted by atomic mass is 79.9. The summed E-state index contributed by atoms with van der Waals surface area (Å²) in [6.07, 6.45) is 0. The van der Waals surface area contributed by atoms with Gasteiger partial charge in [-0.25, -0.2) is 9.18 Å². The molecule has 0 atom stereocenters. The SMILES string of the molecule is O=C(O)c1ccc(COc2ccc(Br)cc2F)o1. The second kappa shape index (κ2) is 5.22. The van der Waals surface area contributed by atoms with E-state index in [4.69, 9.17) is 14.3 Å². The molecular formula is C12H8BrFO4. The molecule has 1 heterocycles. The monoisotopic (exact) mass is 314 g/mol. The van der Waals surface area contributed by atoms with Gasteiger partial charge in [0.1, 0.15) is 12.4 Å². The third-order valence-corrected chi connectivity index (χ3v) is 2.63. The van der Waals surface area contributed by atoms with E-state index in [1.807, 2.05) is 0 Å². The molecule has 18 heavy (non-hydrogen) atoms. The second-order valence-electron chi connectivity index (χ2n) is 3.43. The number of benzene rings is 1. The van der Waals surface area contributed by atoms with Gasteiger partial charge in [-0.05, 0) is 30.3 Å². The highest BCUT2D eigenvalue weighted by Gasteiger charge is 2.10. The van der Waals surface area contributed by atoms with Crippen molar-refractivity contribution in [1.82, 2.24) is 0 Å². The molecule has 2 rings (SSSR count). The van der Waals surface area contributed by atoms with Gasteiger partial charge in [-0.1, -0.05) is 15.9 Å². The number of carboxylic acid groups (broad SMARTS) is 1. The Kier molecular flexibility index (Phi) is 3.66. The van der Waals surface area contributed by atoms with Crippen LogP contribution in [0.15, 0.2) is 39.2 Å². The summed E-state index contributed by atoms with van der Waals surface area (Å²) in [6.45, 7) is -0.0359. The van der Waals surface area contributed by atoms with Crippen LogP contribution in [0.25, 0.3) is 0 Å². The van der Waals surface area contributed by atoms with Crippen LogP contribution in [0, 0.1) is 5.82 Å². The van der Waals surface area contributed by atoms with Crippen LogP contribution in [0.5, 0.6) is 5.75 Å². The van der Waals surface area contributed by atoms with Crippen LogP contribution in [0.2, 0.25) is 0 Å². The lowest BCUT2D eigenvalue weighted by atomic mass is 10.3. The van der Waals surface area contributed by atoms with Gasteiger partial charge < -0.3 is 14.3 Å². The van der Waals surface area contributed by atoms with Crippen molar-refractivity contribution in [1.29, 1.82) is 0 Å². The molecule has 0 aliphatic heterocycles. The molecule has 0 amide bonds. The maximum absolute atomic E-state index is 13.4. The number of furan rings is 1. The molecule has 4 nitrogen and oxygen atoms in total. The Labute approximate surface area is 110 Å². The molecule has 2 aromatic rings. The molecule has 0 saturated heterocycles. The fourth-order valence-electron chi connectivity index (χ4n) is 1.31. The van der Waals surface area contributed by atoms with Crippen LogP contribution in [-0.4, -0.2) is 11.1 Å². The summed E-state index contributed by atoms with van der Waals surface area (Å²) in [7, 11) is 0. The Morgan fingerprint density at radius 2 is 2.17 bits per heavy atom. The maximum Gasteiger partial charge on any atom is 0.371 e. The third-order valence-electron chi connectivity index (χ3n) is 2.14. The molecule has 0 aliphatic rings. The van der Waals surface area contributed by atoms with Crippen LogP contribution in [0.1, 0.15) is 16.3 Å². The van der Waals surface area contributed by atoms with Crippen molar-refractivity contribution in [2.45, 2.75) is 6.61 Å². The average molecular weight is 315 g/mol. The highest BCUT2D eigenvalue weighted by molar-refractivity contribution is 9.10. The maximum atomic E-state index is 13.4. The fraction of sp³-hybridized carbons (Fsp3) is 0.0833.